The van der Waals surface area contributed by atoms with Gasteiger partial charge in [0.15, 0.2) is 0 Å². The van der Waals surface area contributed by atoms with Crippen molar-refractivity contribution in [2.24, 2.45) is 5.10 Å². The first-order chi connectivity index (χ1) is 12.0. The zero-order valence-corrected chi connectivity index (χ0v) is 16.1. The van der Waals surface area contributed by atoms with Crippen LogP contribution in [0.25, 0.3) is 0 Å². The first-order valence-electron chi connectivity index (χ1n) is 7.09. The standard InChI is InChI=1S/C17H16BrClN2O4/c1-23-13-5-4-10(19)8-11(13)17(22)21-20-9-12-14(24-2)6-7-15(25-3)16(12)18/h4-9H,1-3H3,(H,21,22)/b20-9-. The Bertz CT molecular complexity index is 811. The van der Waals surface area contributed by atoms with Gasteiger partial charge in [0, 0.05) is 5.02 Å². The number of halogens is 2. The molecule has 2 aromatic carbocycles. The minimum absolute atomic E-state index is 0.281. The number of amides is 1. The van der Waals surface area contributed by atoms with Crippen LogP contribution in [0, 0.1) is 0 Å². The fourth-order valence-corrected chi connectivity index (χ4v) is 2.85. The number of ether oxygens (including phenoxy) is 3. The molecule has 0 spiro atoms. The monoisotopic (exact) mass is 426 g/mol. The Hall–Kier alpha value is -2.25. The zero-order valence-electron chi connectivity index (χ0n) is 13.8. The molecule has 0 aliphatic carbocycles. The summed E-state index contributed by atoms with van der Waals surface area (Å²) < 4.78 is 16.4. The van der Waals surface area contributed by atoms with E-state index in [-0.39, 0.29) is 5.56 Å². The van der Waals surface area contributed by atoms with Crippen molar-refractivity contribution in [3.8, 4) is 17.2 Å². The van der Waals surface area contributed by atoms with Crippen LogP contribution in [-0.4, -0.2) is 33.5 Å². The highest BCUT2D eigenvalue weighted by atomic mass is 79.9. The van der Waals surface area contributed by atoms with Crippen molar-refractivity contribution in [2.75, 3.05) is 21.3 Å². The second kappa shape index (κ2) is 8.73. The van der Waals surface area contributed by atoms with Gasteiger partial charge in [0.05, 0.1) is 43.1 Å². The quantitative estimate of drug-likeness (QED) is 0.561. The normalized spacial score (nSPS) is 10.6. The second-order valence-corrected chi connectivity index (χ2v) is 5.97. The molecule has 132 valence electrons. The van der Waals surface area contributed by atoms with Crippen LogP contribution in [0.2, 0.25) is 5.02 Å². The smallest absolute Gasteiger partial charge is 0.275 e. The lowest BCUT2D eigenvalue weighted by molar-refractivity contribution is 0.0952. The van der Waals surface area contributed by atoms with E-state index in [0.717, 1.165) is 0 Å². The van der Waals surface area contributed by atoms with E-state index in [1.165, 1.54) is 19.4 Å². The van der Waals surface area contributed by atoms with E-state index in [4.69, 9.17) is 25.8 Å². The molecule has 0 saturated heterocycles. The van der Waals surface area contributed by atoms with Gasteiger partial charge in [0.2, 0.25) is 0 Å². The molecule has 0 radical (unpaired) electrons. The summed E-state index contributed by atoms with van der Waals surface area (Å²) in [5.41, 5.74) is 3.35. The summed E-state index contributed by atoms with van der Waals surface area (Å²) in [4.78, 5) is 12.3. The number of hydrazone groups is 1. The number of carbonyl (C=O) groups excluding carboxylic acids is 1. The van der Waals surface area contributed by atoms with Crippen LogP contribution < -0.4 is 19.6 Å². The SMILES string of the molecule is COc1ccc(Cl)cc1C(=O)N/N=C\c1c(OC)ccc(OC)c1Br. The highest BCUT2D eigenvalue weighted by molar-refractivity contribution is 9.10. The average Bonchev–Trinajstić information content (AvgIpc) is 2.62. The molecule has 8 heteroatoms. The molecule has 0 aliphatic heterocycles. The molecule has 2 aromatic rings. The Morgan fingerprint density at radius 3 is 2.32 bits per heavy atom. The number of hydrogen-bond donors (Lipinski definition) is 1. The summed E-state index contributed by atoms with van der Waals surface area (Å²) in [6.07, 6.45) is 1.46. The van der Waals surface area contributed by atoms with Gasteiger partial charge in [-0.05, 0) is 46.3 Å². The minimum atomic E-state index is -0.450. The largest absolute Gasteiger partial charge is 0.496 e. The maximum atomic E-state index is 12.3. The van der Waals surface area contributed by atoms with Crippen LogP contribution in [0.4, 0.5) is 0 Å². The molecule has 0 aromatic heterocycles. The third-order valence-corrected chi connectivity index (χ3v) is 4.36. The number of carbonyl (C=O) groups is 1. The predicted octanol–water partition coefficient (Wildman–Crippen LogP) is 3.89. The molecule has 0 unspecified atom stereocenters. The van der Waals surface area contributed by atoms with Gasteiger partial charge in [0.1, 0.15) is 17.2 Å². The topological polar surface area (TPSA) is 69.2 Å². The molecular weight excluding hydrogens is 412 g/mol. The molecule has 25 heavy (non-hydrogen) atoms. The Morgan fingerprint density at radius 1 is 1.08 bits per heavy atom. The van der Waals surface area contributed by atoms with Crippen LogP contribution in [0.15, 0.2) is 39.9 Å². The lowest BCUT2D eigenvalue weighted by Gasteiger charge is -2.10. The van der Waals surface area contributed by atoms with Crippen molar-refractivity contribution in [3.05, 3.63) is 51.0 Å². The van der Waals surface area contributed by atoms with Crippen LogP contribution >= 0.6 is 27.5 Å². The van der Waals surface area contributed by atoms with Crippen molar-refractivity contribution in [3.63, 3.8) is 0 Å². The Balaban J connectivity index is 2.24. The van der Waals surface area contributed by atoms with Gasteiger partial charge in [-0.25, -0.2) is 5.43 Å². The number of benzene rings is 2. The molecule has 0 saturated carbocycles. The summed E-state index contributed by atoms with van der Waals surface area (Å²) in [6, 6.07) is 8.26. The van der Waals surface area contributed by atoms with Gasteiger partial charge in [-0.1, -0.05) is 11.6 Å². The van der Waals surface area contributed by atoms with Crippen LogP contribution in [0.3, 0.4) is 0 Å². The predicted molar refractivity (Wildman–Crippen MR) is 100 cm³/mol. The molecule has 1 N–H and O–H groups in total. The van der Waals surface area contributed by atoms with E-state index in [1.54, 1.807) is 38.5 Å². The molecular formula is C17H16BrClN2O4. The molecule has 0 aliphatic rings. The maximum Gasteiger partial charge on any atom is 0.275 e. The van der Waals surface area contributed by atoms with E-state index >= 15 is 0 Å². The van der Waals surface area contributed by atoms with Gasteiger partial charge >= 0.3 is 0 Å². The first kappa shape index (κ1) is 19.1. The fourth-order valence-electron chi connectivity index (χ4n) is 2.08. The maximum absolute atomic E-state index is 12.3. The number of nitrogens with zero attached hydrogens (tertiary/aromatic N) is 1. The fraction of sp³-hybridized carbons (Fsp3) is 0.176. The lowest BCUT2D eigenvalue weighted by Crippen LogP contribution is -2.18. The lowest BCUT2D eigenvalue weighted by atomic mass is 10.2. The van der Waals surface area contributed by atoms with E-state index in [1.807, 2.05) is 0 Å². The summed E-state index contributed by atoms with van der Waals surface area (Å²) in [6.45, 7) is 0. The number of rotatable bonds is 6. The van der Waals surface area contributed by atoms with Crippen molar-refractivity contribution in [1.29, 1.82) is 0 Å². The molecule has 1 amide bonds. The second-order valence-electron chi connectivity index (χ2n) is 4.74. The Morgan fingerprint density at radius 2 is 1.68 bits per heavy atom. The van der Waals surface area contributed by atoms with Crippen molar-refractivity contribution < 1.29 is 19.0 Å². The summed E-state index contributed by atoms with van der Waals surface area (Å²) in [7, 11) is 4.57. The number of methoxy groups -OCH3 is 3. The number of nitrogens with one attached hydrogen (secondary N) is 1. The first-order valence-corrected chi connectivity index (χ1v) is 8.26. The zero-order chi connectivity index (χ0) is 18.4. The van der Waals surface area contributed by atoms with Crippen molar-refractivity contribution >= 4 is 39.7 Å². The summed E-state index contributed by atoms with van der Waals surface area (Å²) in [5.74, 6) is 1.14. The molecule has 0 fully saturated rings. The molecule has 6 nitrogen and oxygen atoms in total. The Labute approximate surface area is 158 Å². The summed E-state index contributed by atoms with van der Waals surface area (Å²) in [5, 5.41) is 4.40. The van der Waals surface area contributed by atoms with Crippen LogP contribution in [0.5, 0.6) is 17.2 Å². The van der Waals surface area contributed by atoms with Gasteiger partial charge in [-0.3, -0.25) is 4.79 Å². The van der Waals surface area contributed by atoms with Gasteiger partial charge in [-0.2, -0.15) is 5.10 Å². The highest BCUT2D eigenvalue weighted by Crippen LogP contribution is 2.33. The van der Waals surface area contributed by atoms with Crippen LogP contribution in [-0.2, 0) is 0 Å². The Kier molecular flexibility index (Phi) is 6.66. The van der Waals surface area contributed by atoms with Crippen molar-refractivity contribution in [1.82, 2.24) is 5.43 Å². The minimum Gasteiger partial charge on any atom is -0.496 e. The van der Waals surface area contributed by atoms with Gasteiger partial charge in [0.25, 0.3) is 5.91 Å². The van der Waals surface area contributed by atoms with Crippen molar-refractivity contribution in [2.45, 2.75) is 0 Å². The van der Waals surface area contributed by atoms with Crippen LogP contribution in [0.1, 0.15) is 15.9 Å². The van der Waals surface area contributed by atoms with E-state index in [9.17, 15) is 4.79 Å². The third kappa shape index (κ3) is 4.43. The number of hydrogen-bond acceptors (Lipinski definition) is 5. The molecule has 0 heterocycles. The van der Waals surface area contributed by atoms with E-state index in [0.29, 0.717) is 32.3 Å². The van der Waals surface area contributed by atoms with E-state index < -0.39 is 5.91 Å². The summed E-state index contributed by atoms with van der Waals surface area (Å²) >= 11 is 9.36. The highest BCUT2D eigenvalue weighted by Gasteiger charge is 2.13. The molecule has 2 rings (SSSR count). The molecule has 0 atom stereocenters. The average molecular weight is 428 g/mol. The molecule has 0 bridgehead atoms. The van der Waals surface area contributed by atoms with Gasteiger partial charge in [-0.15, -0.1) is 0 Å². The third-order valence-electron chi connectivity index (χ3n) is 3.31. The van der Waals surface area contributed by atoms with E-state index in [2.05, 4.69) is 26.5 Å². The van der Waals surface area contributed by atoms with Gasteiger partial charge < -0.3 is 14.2 Å².